The smallest absolute Gasteiger partial charge is 0.384 e. The number of carbonyl (C=O) groups is 2. The standard InChI is InChI=1S/C29H35F3N2O3/c1-27(2)18-21(16-20-11-13-28(37,14-12-20)25-8-3-4-15-33-25)19-34(27)26(36)10-9-24(35)22-6-5-7-23(17-22)29(30,31)32/h3-8,15,17,20-21,37H,9-14,16,18-19H2,1-2H3/t20?,21-,28?/m0/s1. The topological polar surface area (TPSA) is 70.5 Å². The summed E-state index contributed by atoms with van der Waals surface area (Å²) in [6.45, 7) is 4.67. The molecular formula is C29H35F3N2O3. The summed E-state index contributed by atoms with van der Waals surface area (Å²) in [5.41, 5.74) is -1.38. The van der Waals surface area contributed by atoms with E-state index in [0.29, 0.717) is 31.2 Å². The number of carbonyl (C=O) groups excluding carboxylic acids is 2. The van der Waals surface area contributed by atoms with Crippen LogP contribution in [-0.2, 0) is 16.6 Å². The highest BCUT2D eigenvalue weighted by molar-refractivity contribution is 5.98. The molecular weight excluding hydrogens is 481 g/mol. The predicted octanol–water partition coefficient (Wildman–Crippen LogP) is 6.16. The Labute approximate surface area is 216 Å². The fourth-order valence-corrected chi connectivity index (χ4v) is 6.11. The van der Waals surface area contributed by atoms with Crippen LogP contribution in [0, 0.1) is 11.8 Å². The van der Waals surface area contributed by atoms with Crippen molar-refractivity contribution in [2.45, 2.75) is 82.5 Å². The first-order valence-electron chi connectivity index (χ1n) is 13.0. The first kappa shape index (κ1) is 27.3. The van der Waals surface area contributed by atoms with E-state index in [1.807, 2.05) is 36.9 Å². The van der Waals surface area contributed by atoms with Crippen molar-refractivity contribution in [3.8, 4) is 0 Å². The minimum atomic E-state index is -4.52. The van der Waals surface area contributed by atoms with Gasteiger partial charge in [-0.1, -0.05) is 18.2 Å². The number of benzene rings is 1. The van der Waals surface area contributed by atoms with E-state index in [0.717, 1.165) is 43.5 Å². The molecule has 0 spiro atoms. The van der Waals surface area contributed by atoms with Gasteiger partial charge in [-0.05, 0) is 88.5 Å². The van der Waals surface area contributed by atoms with E-state index in [1.54, 1.807) is 6.20 Å². The number of Topliss-reactive ketones (excluding diaryl/α,β-unsaturated/α-hetero) is 1. The third-order valence-electron chi connectivity index (χ3n) is 8.08. The molecule has 8 heteroatoms. The van der Waals surface area contributed by atoms with E-state index in [2.05, 4.69) is 4.98 Å². The number of aliphatic hydroxyl groups is 1. The van der Waals surface area contributed by atoms with Crippen molar-refractivity contribution in [1.82, 2.24) is 9.88 Å². The summed E-state index contributed by atoms with van der Waals surface area (Å²) in [5, 5.41) is 11.1. The molecule has 1 aliphatic heterocycles. The molecule has 2 fully saturated rings. The molecule has 1 N–H and O–H groups in total. The molecule has 2 heterocycles. The summed E-state index contributed by atoms with van der Waals surface area (Å²) < 4.78 is 38.9. The molecule has 4 rings (SSSR count). The number of hydrogen-bond acceptors (Lipinski definition) is 4. The lowest BCUT2D eigenvalue weighted by Gasteiger charge is -2.36. The Hall–Kier alpha value is -2.74. The van der Waals surface area contributed by atoms with Gasteiger partial charge in [0.2, 0.25) is 5.91 Å². The lowest BCUT2D eigenvalue weighted by Crippen LogP contribution is -2.42. The number of halogens is 3. The minimum Gasteiger partial charge on any atom is -0.384 e. The number of rotatable bonds is 7. The second kappa shape index (κ2) is 10.6. The number of aromatic nitrogens is 1. The molecule has 2 aliphatic rings. The summed E-state index contributed by atoms with van der Waals surface area (Å²) in [5.74, 6) is 0.211. The fraction of sp³-hybridized carbons (Fsp3) is 0.552. The lowest BCUT2D eigenvalue weighted by atomic mass is 9.73. The van der Waals surface area contributed by atoms with Gasteiger partial charge in [0.1, 0.15) is 5.60 Å². The van der Waals surface area contributed by atoms with Gasteiger partial charge < -0.3 is 10.0 Å². The monoisotopic (exact) mass is 516 g/mol. The SMILES string of the molecule is CC1(C)C[C@H](CC2CCC(O)(c3ccccn3)CC2)CN1C(=O)CCC(=O)c1cccc(C(F)(F)F)c1. The first-order valence-corrected chi connectivity index (χ1v) is 13.0. The van der Waals surface area contributed by atoms with Gasteiger partial charge in [0, 0.05) is 36.7 Å². The van der Waals surface area contributed by atoms with Crippen LogP contribution < -0.4 is 0 Å². The van der Waals surface area contributed by atoms with Gasteiger partial charge in [0.15, 0.2) is 5.78 Å². The number of amides is 1. The summed E-state index contributed by atoms with van der Waals surface area (Å²) in [6, 6.07) is 9.97. The molecule has 1 saturated heterocycles. The Balaban J connectivity index is 1.29. The summed E-state index contributed by atoms with van der Waals surface area (Å²) >= 11 is 0. The van der Waals surface area contributed by atoms with Crippen LogP contribution in [0.15, 0.2) is 48.7 Å². The van der Waals surface area contributed by atoms with Crippen molar-refractivity contribution < 1.29 is 27.9 Å². The number of nitrogens with zero attached hydrogens (tertiary/aromatic N) is 2. The highest BCUT2D eigenvalue weighted by Gasteiger charge is 2.43. The van der Waals surface area contributed by atoms with Gasteiger partial charge in [-0.2, -0.15) is 13.2 Å². The molecule has 1 amide bonds. The molecule has 2 aromatic rings. The molecule has 37 heavy (non-hydrogen) atoms. The van der Waals surface area contributed by atoms with Crippen molar-refractivity contribution in [2.75, 3.05) is 6.54 Å². The number of hydrogen-bond donors (Lipinski definition) is 1. The van der Waals surface area contributed by atoms with E-state index in [-0.39, 0.29) is 29.9 Å². The Morgan fingerprint density at radius 3 is 2.43 bits per heavy atom. The Morgan fingerprint density at radius 2 is 1.78 bits per heavy atom. The third kappa shape index (κ3) is 6.40. The Morgan fingerprint density at radius 1 is 1.05 bits per heavy atom. The molecule has 1 aliphatic carbocycles. The number of likely N-dealkylation sites (tertiary alicyclic amines) is 1. The van der Waals surface area contributed by atoms with Crippen LogP contribution in [0.2, 0.25) is 0 Å². The molecule has 1 atom stereocenters. The lowest BCUT2D eigenvalue weighted by molar-refractivity contribution is -0.137. The van der Waals surface area contributed by atoms with Crippen molar-refractivity contribution in [2.24, 2.45) is 11.8 Å². The van der Waals surface area contributed by atoms with Crippen molar-refractivity contribution >= 4 is 11.7 Å². The van der Waals surface area contributed by atoms with Gasteiger partial charge in [0.25, 0.3) is 0 Å². The molecule has 1 aromatic carbocycles. The van der Waals surface area contributed by atoms with E-state index < -0.39 is 23.1 Å². The number of ketones is 1. The maximum Gasteiger partial charge on any atom is 0.416 e. The summed E-state index contributed by atoms with van der Waals surface area (Å²) in [4.78, 5) is 31.8. The minimum absolute atomic E-state index is 0.0221. The second-order valence-corrected chi connectivity index (χ2v) is 11.3. The van der Waals surface area contributed by atoms with Crippen LogP contribution in [0.1, 0.15) is 86.8 Å². The van der Waals surface area contributed by atoms with Crippen LogP contribution in [0.25, 0.3) is 0 Å². The van der Waals surface area contributed by atoms with Crippen LogP contribution in [0.4, 0.5) is 13.2 Å². The Kier molecular flexibility index (Phi) is 7.79. The molecule has 1 aromatic heterocycles. The first-order chi connectivity index (χ1) is 17.4. The molecule has 200 valence electrons. The van der Waals surface area contributed by atoms with E-state index >= 15 is 0 Å². The van der Waals surface area contributed by atoms with Crippen molar-refractivity contribution in [3.63, 3.8) is 0 Å². The number of alkyl halides is 3. The second-order valence-electron chi connectivity index (χ2n) is 11.3. The van der Waals surface area contributed by atoms with Crippen LogP contribution in [0.3, 0.4) is 0 Å². The zero-order valence-corrected chi connectivity index (χ0v) is 21.4. The highest BCUT2D eigenvalue weighted by Crippen LogP contribution is 2.43. The number of pyridine rings is 1. The van der Waals surface area contributed by atoms with Gasteiger partial charge in [-0.15, -0.1) is 0 Å². The summed E-state index contributed by atoms with van der Waals surface area (Å²) in [7, 11) is 0. The van der Waals surface area contributed by atoms with Crippen molar-refractivity contribution in [3.05, 3.63) is 65.5 Å². The van der Waals surface area contributed by atoms with Crippen LogP contribution in [0.5, 0.6) is 0 Å². The average molecular weight is 517 g/mol. The predicted molar refractivity (Wildman–Crippen MR) is 134 cm³/mol. The van der Waals surface area contributed by atoms with Gasteiger partial charge >= 0.3 is 6.18 Å². The molecule has 0 bridgehead atoms. The van der Waals surface area contributed by atoms with E-state index in [9.17, 15) is 27.9 Å². The fourth-order valence-electron chi connectivity index (χ4n) is 6.11. The maximum absolute atomic E-state index is 13.1. The molecule has 0 unspecified atom stereocenters. The maximum atomic E-state index is 13.1. The van der Waals surface area contributed by atoms with Crippen LogP contribution in [-0.4, -0.2) is 38.8 Å². The third-order valence-corrected chi connectivity index (χ3v) is 8.08. The Bertz CT molecular complexity index is 1110. The van der Waals surface area contributed by atoms with Gasteiger partial charge in [-0.25, -0.2) is 0 Å². The quantitative estimate of drug-likeness (QED) is 0.448. The molecule has 0 radical (unpaired) electrons. The van der Waals surface area contributed by atoms with E-state index in [4.69, 9.17) is 0 Å². The zero-order valence-electron chi connectivity index (χ0n) is 21.4. The van der Waals surface area contributed by atoms with Crippen LogP contribution >= 0.6 is 0 Å². The normalized spacial score (nSPS) is 25.7. The average Bonchev–Trinajstić information content (AvgIpc) is 3.17. The van der Waals surface area contributed by atoms with Gasteiger partial charge in [0.05, 0.1) is 11.3 Å². The largest absolute Gasteiger partial charge is 0.416 e. The highest BCUT2D eigenvalue weighted by atomic mass is 19.4. The van der Waals surface area contributed by atoms with E-state index in [1.165, 1.54) is 12.1 Å². The molecule has 5 nitrogen and oxygen atoms in total. The zero-order chi connectivity index (χ0) is 26.8. The summed E-state index contributed by atoms with van der Waals surface area (Å²) in [6.07, 6.45) is 2.05. The molecule has 1 saturated carbocycles. The van der Waals surface area contributed by atoms with Crippen molar-refractivity contribution in [1.29, 1.82) is 0 Å². The van der Waals surface area contributed by atoms with Gasteiger partial charge in [-0.3, -0.25) is 14.6 Å².